The van der Waals surface area contributed by atoms with Crippen LogP contribution in [0.1, 0.15) is 30.7 Å². The molecule has 0 radical (unpaired) electrons. The van der Waals surface area contributed by atoms with E-state index in [0.29, 0.717) is 18.3 Å². The Morgan fingerprint density at radius 2 is 2.09 bits per heavy atom. The van der Waals surface area contributed by atoms with E-state index >= 15 is 0 Å². The lowest BCUT2D eigenvalue weighted by molar-refractivity contribution is 0.229. The van der Waals surface area contributed by atoms with Gasteiger partial charge in [0.25, 0.3) is 5.89 Å². The first-order valence-corrected chi connectivity index (χ1v) is 7.28. The maximum atomic E-state index is 6.26. The van der Waals surface area contributed by atoms with E-state index in [4.69, 9.17) is 10.3 Å². The Bertz CT molecular complexity index is 781. The molecule has 1 aromatic carbocycles. The van der Waals surface area contributed by atoms with E-state index in [1.165, 1.54) is 6.33 Å². The topological polar surface area (TPSA) is 95.7 Å². The number of nitrogens with two attached hydrogens (primary N) is 1. The number of nitrogens with zero attached hydrogens (tertiary/aromatic N) is 5. The zero-order valence-corrected chi connectivity index (χ0v) is 13.2. The first-order chi connectivity index (χ1) is 10.7. The van der Waals surface area contributed by atoms with Gasteiger partial charge in [0.2, 0.25) is 0 Å². The maximum absolute atomic E-state index is 6.26. The molecule has 1 aliphatic carbocycles. The minimum atomic E-state index is -0.414. The maximum Gasteiger partial charge on any atom is 0.258 e. The molecule has 0 spiro atoms. The third-order valence-electron chi connectivity index (χ3n) is 4.16. The van der Waals surface area contributed by atoms with Crippen molar-refractivity contribution in [2.24, 2.45) is 5.73 Å². The quantitative estimate of drug-likeness (QED) is 0.786. The molecular formula is C15H17ClN6O. The summed E-state index contributed by atoms with van der Waals surface area (Å²) in [7, 11) is 0. The number of hydrogen-bond donors (Lipinski definition) is 1. The smallest absolute Gasteiger partial charge is 0.258 e. The molecule has 4 rings (SSSR count). The van der Waals surface area contributed by atoms with Crippen LogP contribution in [0, 0.1) is 0 Å². The van der Waals surface area contributed by atoms with Crippen LogP contribution in [0.25, 0.3) is 11.5 Å². The van der Waals surface area contributed by atoms with Gasteiger partial charge in [0.15, 0.2) is 5.82 Å². The largest absolute Gasteiger partial charge is 0.334 e. The fourth-order valence-corrected chi connectivity index (χ4v) is 2.67. The van der Waals surface area contributed by atoms with Crippen LogP contribution in [0.3, 0.4) is 0 Å². The molecule has 1 aliphatic rings. The van der Waals surface area contributed by atoms with Gasteiger partial charge in [-0.15, -0.1) is 12.4 Å². The first kappa shape index (κ1) is 15.6. The molecule has 1 saturated carbocycles. The van der Waals surface area contributed by atoms with Crippen LogP contribution in [-0.2, 0) is 12.1 Å². The predicted molar refractivity (Wildman–Crippen MR) is 85.8 cm³/mol. The van der Waals surface area contributed by atoms with Crippen LogP contribution in [0.4, 0.5) is 0 Å². The normalized spacial score (nSPS) is 15.7. The molecule has 0 atom stereocenters. The van der Waals surface area contributed by atoms with Crippen LogP contribution in [0.5, 0.6) is 0 Å². The summed E-state index contributed by atoms with van der Waals surface area (Å²) in [6, 6.07) is 7.91. The number of hydrogen-bond acceptors (Lipinski definition) is 6. The van der Waals surface area contributed by atoms with E-state index in [-0.39, 0.29) is 12.4 Å². The second-order valence-electron chi connectivity index (χ2n) is 5.68. The van der Waals surface area contributed by atoms with Crippen molar-refractivity contribution in [2.75, 3.05) is 0 Å². The molecule has 120 valence electrons. The van der Waals surface area contributed by atoms with E-state index < -0.39 is 5.54 Å². The van der Waals surface area contributed by atoms with Crippen molar-refractivity contribution in [1.29, 1.82) is 0 Å². The fraction of sp³-hybridized carbons (Fsp3) is 0.333. The van der Waals surface area contributed by atoms with Gasteiger partial charge < -0.3 is 10.3 Å². The molecule has 8 heteroatoms. The highest BCUT2D eigenvalue weighted by molar-refractivity contribution is 5.85. The van der Waals surface area contributed by atoms with Crippen molar-refractivity contribution >= 4 is 12.4 Å². The van der Waals surface area contributed by atoms with Crippen molar-refractivity contribution in [3.05, 3.63) is 48.3 Å². The lowest BCUT2D eigenvalue weighted by Crippen LogP contribution is -2.44. The summed E-state index contributed by atoms with van der Waals surface area (Å²) in [5.41, 5.74) is 7.79. The highest BCUT2D eigenvalue weighted by Crippen LogP contribution is 2.37. The van der Waals surface area contributed by atoms with E-state index in [1.807, 2.05) is 24.3 Å². The van der Waals surface area contributed by atoms with Gasteiger partial charge in [0.1, 0.15) is 12.7 Å². The second-order valence-corrected chi connectivity index (χ2v) is 5.68. The Morgan fingerprint density at radius 3 is 2.78 bits per heavy atom. The summed E-state index contributed by atoms with van der Waals surface area (Å²) in [6.07, 6.45) is 6.13. The molecule has 0 amide bonds. The Hall–Kier alpha value is -2.25. The van der Waals surface area contributed by atoms with Gasteiger partial charge in [-0.3, -0.25) is 0 Å². The average molecular weight is 333 g/mol. The minimum Gasteiger partial charge on any atom is -0.334 e. The standard InChI is InChI=1S/C15H16N6O.ClH/c16-15(6-3-7-15)14-19-13(22-20-14)12-5-2-1-4-11(12)8-21-10-17-9-18-21;/h1-2,4-5,9-10H,3,6-8,16H2;1H. The number of halogens is 1. The molecule has 2 heterocycles. The van der Waals surface area contributed by atoms with Gasteiger partial charge in [-0.2, -0.15) is 10.1 Å². The minimum absolute atomic E-state index is 0. The summed E-state index contributed by atoms with van der Waals surface area (Å²) in [6.45, 7) is 0.599. The molecular weight excluding hydrogens is 316 g/mol. The fourth-order valence-electron chi connectivity index (χ4n) is 2.67. The van der Waals surface area contributed by atoms with Gasteiger partial charge >= 0.3 is 0 Å². The summed E-state index contributed by atoms with van der Waals surface area (Å²) in [4.78, 5) is 8.48. The Kier molecular flexibility index (Phi) is 4.14. The molecule has 0 aliphatic heterocycles. The molecule has 2 N–H and O–H groups in total. The first-order valence-electron chi connectivity index (χ1n) is 7.28. The summed E-state index contributed by atoms with van der Waals surface area (Å²) < 4.78 is 7.20. The summed E-state index contributed by atoms with van der Waals surface area (Å²) in [5.74, 6) is 1.10. The number of benzene rings is 1. The van der Waals surface area contributed by atoms with Crippen molar-refractivity contribution in [1.82, 2.24) is 24.9 Å². The third kappa shape index (κ3) is 2.85. The van der Waals surface area contributed by atoms with Gasteiger partial charge in [-0.25, -0.2) is 9.67 Å². The van der Waals surface area contributed by atoms with E-state index in [2.05, 4.69) is 20.2 Å². The zero-order chi connectivity index (χ0) is 15.0. The number of rotatable bonds is 4. The van der Waals surface area contributed by atoms with Crippen molar-refractivity contribution in [2.45, 2.75) is 31.3 Å². The molecule has 23 heavy (non-hydrogen) atoms. The van der Waals surface area contributed by atoms with Crippen LogP contribution in [-0.4, -0.2) is 24.9 Å². The van der Waals surface area contributed by atoms with Crippen molar-refractivity contribution < 1.29 is 4.52 Å². The zero-order valence-electron chi connectivity index (χ0n) is 12.4. The van der Waals surface area contributed by atoms with Gasteiger partial charge in [0, 0.05) is 5.56 Å². The predicted octanol–water partition coefficient (Wildman–Crippen LogP) is 2.14. The monoisotopic (exact) mass is 332 g/mol. The van der Waals surface area contributed by atoms with Crippen LogP contribution >= 0.6 is 12.4 Å². The lowest BCUT2D eigenvalue weighted by Gasteiger charge is -2.34. The summed E-state index contributed by atoms with van der Waals surface area (Å²) in [5, 5.41) is 8.21. The lowest BCUT2D eigenvalue weighted by atomic mass is 9.77. The molecule has 7 nitrogen and oxygen atoms in total. The second kappa shape index (κ2) is 6.10. The van der Waals surface area contributed by atoms with Crippen LogP contribution < -0.4 is 5.73 Å². The Balaban J connectivity index is 0.00000156. The van der Waals surface area contributed by atoms with Crippen LogP contribution in [0.2, 0.25) is 0 Å². The summed E-state index contributed by atoms with van der Waals surface area (Å²) >= 11 is 0. The Morgan fingerprint density at radius 1 is 1.26 bits per heavy atom. The van der Waals surface area contributed by atoms with Gasteiger partial charge in [-0.1, -0.05) is 23.4 Å². The number of aromatic nitrogens is 5. The molecule has 3 aromatic rings. The van der Waals surface area contributed by atoms with Crippen molar-refractivity contribution in [3.8, 4) is 11.5 Å². The van der Waals surface area contributed by atoms with E-state index in [9.17, 15) is 0 Å². The van der Waals surface area contributed by atoms with Crippen molar-refractivity contribution in [3.63, 3.8) is 0 Å². The highest BCUT2D eigenvalue weighted by atomic mass is 35.5. The molecule has 0 bridgehead atoms. The van der Waals surface area contributed by atoms with Gasteiger partial charge in [-0.05, 0) is 30.9 Å². The Labute approximate surface area is 139 Å². The highest BCUT2D eigenvalue weighted by Gasteiger charge is 2.39. The SMILES string of the molecule is Cl.NC1(c2noc(-c3ccccc3Cn3cncn3)n2)CCC1. The van der Waals surface area contributed by atoms with Crippen LogP contribution in [0.15, 0.2) is 41.4 Å². The van der Waals surface area contributed by atoms with E-state index in [1.54, 1.807) is 11.0 Å². The molecule has 0 saturated heterocycles. The average Bonchev–Trinajstić information content (AvgIpc) is 3.17. The van der Waals surface area contributed by atoms with E-state index in [0.717, 1.165) is 30.4 Å². The molecule has 0 unspecified atom stereocenters. The third-order valence-corrected chi connectivity index (χ3v) is 4.16. The van der Waals surface area contributed by atoms with Gasteiger partial charge in [0.05, 0.1) is 12.1 Å². The molecule has 2 aromatic heterocycles. The molecule has 1 fully saturated rings.